The molecule has 0 unspecified atom stereocenters. The van der Waals surface area contributed by atoms with Crippen LogP contribution in [-0.2, 0) is 23.9 Å². The molecule has 0 aromatic carbocycles. The minimum Gasteiger partial charge on any atom is -0.365 e. The van der Waals surface area contributed by atoms with E-state index in [-0.39, 0.29) is 11.8 Å². The average molecular weight is 489 g/mol. The first-order chi connectivity index (χ1) is 16.6. The van der Waals surface area contributed by atoms with Gasteiger partial charge < -0.3 is 30.7 Å². The normalized spacial score (nSPS) is 12.9. The maximum Gasteiger partial charge on any atom is 0.252 e. The molecule has 9 nitrogen and oxygen atoms in total. The number of unbranched alkanes of at least 4 members (excludes halogenated alkanes) is 8. The Morgan fingerprint density at radius 2 is 1.12 bits per heavy atom. The highest BCUT2D eigenvalue weighted by Crippen LogP contribution is 2.11. The van der Waals surface area contributed by atoms with E-state index in [1.165, 1.54) is 0 Å². The van der Waals surface area contributed by atoms with E-state index < -0.39 is 12.2 Å². The standard InChI is InChI=1S/C25H52N4O5/c1-4-17-27-24(30)22(33-20-14-10-6-8-12-16-26)23(25(31)28-18-5-2)34-21-15-11-7-9-13-19-29-32-3/h22-23,29H,4-21,26H2,1-3H3,(H,27,30)(H,28,31)/t22-,23-/m1/s1. The average Bonchev–Trinajstić information content (AvgIpc) is 2.84. The number of hydroxylamine groups is 1. The molecule has 2 atom stereocenters. The predicted octanol–water partition coefficient (Wildman–Crippen LogP) is 2.82. The maximum atomic E-state index is 12.9. The van der Waals surface area contributed by atoms with Gasteiger partial charge in [0.25, 0.3) is 11.8 Å². The molecule has 0 aliphatic rings. The molecular weight excluding hydrogens is 436 g/mol. The van der Waals surface area contributed by atoms with Gasteiger partial charge in [0.15, 0.2) is 12.2 Å². The number of nitrogens with one attached hydrogen (secondary N) is 3. The smallest absolute Gasteiger partial charge is 0.252 e. The molecule has 5 N–H and O–H groups in total. The molecule has 0 saturated heterocycles. The summed E-state index contributed by atoms with van der Waals surface area (Å²) in [6, 6.07) is 0. The molecule has 34 heavy (non-hydrogen) atoms. The van der Waals surface area contributed by atoms with Gasteiger partial charge in [-0.05, 0) is 45.1 Å². The number of carbonyl (C=O) groups is 2. The van der Waals surface area contributed by atoms with Crippen LogP contribution >= 0.6 is 0 Å². The lowest BCUT2D eigenvalue weighted by Gasteiger charge is -2.26. The molecule has 202 valence electrons. The summed E-state index contributed by atoms with van der Waals surface area (Å²) >= 11 is 0. The highest BCUT2D eigenvalue weighted by molar-refractivity contribution is 5.91. The van der Waals surface area contributed by atoms with Crippen molar-refractivity contribution < 1.29 is 23.9 Å². The topological polar surface area (TPSA) is 124 Å². The predicted molar refractivity (Wildman–Crippen MR) is 136 cm³/mol. The van der Waals surface area contributed by atoms with E-state index >= 15 is 0 Å². The van der Waals surface area contributed by atoms with Crippen molar-refractivity contribution in [3.63, 3.8) is 0 Å². The van der Waals surface area contributed by atoms with Gasteiger partial charge >= 0.3 is 0 Å². The monoisotopic (exact) mass is 488 g/mol. The molecular formula is C25H52N4O5. The van der Waals surface area contributed by atoms with Crippen LogP contribution in [0, 0.1) is 0 Å². The first-order valence-corrected chi connectivity index (χ1v) is 13.4. The molecule has 0 aromatic rings. The summed E-state index contributed by atoms with van der Waals surface area (Å²) in [5.74, 6) is -0.570. The molecule has 0 bridgehead atoms. The van der Waals surface area contributed by atoms with E-state index in [0.717, 1.165) is 83.6 Å². The van der Waals surface area contributed by atoms with Crippen molar-refractivity contribution in [3.8, 4) is 0 Å². The van der Waals surface area contributed by atoms with Crippen LogP contribution in [0.3, 0.4) is 0 Å². The molecule has 0 fully saturated rings. The number of nitrogens with two attached hydrogens (primary N) is 1. The first-order valence-electron chi connectivity index (χ1n) is 13.4. The maximum absolute atomic E-state index is 12.9. The van der Waals surface area contributed by atoms with E-state index in [2.05, 4.69) is 16.1 Å². The third-order valence-corrected chi connectivity index (χ3v) is 5.40. The van der Waals surface area contributed by atoms with E-state index in [4.69, 9.17) is 20.0 Å². The molecule has 0 aliphatic heterocycles. The van der Waals surface area contributed by atoms with Crippen molar-refractivity contribution in [2.75, 3.05) is 46.5 Å². The van der Waals surface area contributed by atoms with Gasteiger partial charge in [-0.15, -0.1) is 0 Å². The Kier molecular flexibility index (Phi) is 23.9. The Hall–Kier alpha value is -1.26. The molecule has 0 rings (SSSR count). The third kappa shape index (κ3) is 18.1. The zero-order chi connectivity index (χ0) is 25.3. The number of rotatable bonds is 25. The van der Waals surface area contributed by atoms with Crippen molar-refractivity contribution in [1.82, 2.24) is 16.1 Å². The second kappa shape index (κ2) is 24.9. The van der Waals surface area contributed by atoms with Gasteiger partial charge in [0.1, 0.15) is 0 Å². The number of amides is 2. The Morgan fingerprint density at radius 3 is 1.56 bits per heavy atom. The quantitative estimate of drug-likeness (QED) is 0.115. The van der Waals surface area contributed by atoms with Crippen LogP contribution in [0.15, 0.2) is 0 Å². The zero-order valence-corrected chi connectivity index (χ0v) is 22.0. The molecule has 2 amide bonds. The van der Waals surface area contributed by atoms with E-state index in [1.54, 1.807) is 7.11 Å². The van der Waals surface area contributed by atoms with Crippen LogP contribution < -0.4 is 21.8 Å². The van der Waals surface area contributed by atoms with E-state index in [1.807, 2.05) is 13.8 Å². The second-order valence-corrected chi connectivity index (χ2v) is 8.59. The Balaban J connectivity index is 4.79. The summed E-state index contributed by atoms with van der Waals surface area (Å²) in [6.07, 6.45) is 9.87. The molecule has 9 heteroatoms. The summed E-state index contributed by atoms with van der Waals surface area (Å²) in [5.41, 5.74) is 8.38. The summed E-state index contributed by atoms with van der Waals surface area (Å²) < 4.78 is 11.9. The Morgan fingerprint density at radius 1 is 0.676 bits per heavy atom. The first kappa shape index (κ1) is 32.7. The summed E-state index contributed by atoms with van der Waals surface area (Å²) in [7, 11) is 1.62. The molecule has 0 aliphatic carbocycles. The molecule has 0 spiro atoms. The summed E-state index contributed by atoms with van der Waals surface area (Å²) in [6.45, 7) is 7.45. The molecule has 0 aromatic heterocycles. The van der Waals surface area contributed by atoms with Gasteiger partial charge in [0.2, 0.25) is 0 Å². The van der Waals surface area contributed by atoms with Crippen LogP contribution in [0.4, 0.5) is 0 Å². The van der Waals surface area contributed by atoms with Crippen LogP contribution in [0.25, 0.3) is 0 Å². The minimum absolute atomic E-state index is 0.285. The SMILES string of the molecule is CCCNC(=O)[C@H](OCCCCCCCN)[C@@H](OCCCCCCCNOC)C(=O)NCCC. The van der Waals surface area contributed by atoms with Gasteiger partial charge in [-0.3, -0.25) is 9.59 Å². The highest BCUT2D eigenvalue weighted by atomic mass is 16.6. The number of carbonyl (C=O) groups excluding carboxylic acids is 2. The van der Waals surface area contributed by atoms with Crippen LogP contribution in [0.5, 0.6) is 0 Å². The number of ether oxygens (including phenoxy) is 2. The largest absolute Gasteiger partial charge is 0.365 e. The van der Waals surface area contributed by atoms with E-state index in [9.17, 15) is 9.59 Å². The third-order valence-electron chi connectivity index (χ3n) is 5.40. The summed E-state index contributed by atoms with van der Waals surface area (Å²) in [4.78, 5) is 30.6. The zero-order valence-electron chi connectivity index (χ0n) is 22.0. The number of hydrogen-bond acceptors (Lipinski definition) is 7. The van der Waals surface area contributed by atoms with Crippen molar-refractivity contribution in [1.29, 1.82) is 0 Å². The minimum atomic E-state index is -0.952. The Bertz CT molecular complexity index is 482. The van der Waals surface area contributed by atoms with Crippen molar-refractivity contribution in [2.24, 2.45) is 5.73 Å². The highest BCUT2D eigenvalue weighted by Gasteiger charge is 2.35. The lowest BCUT2D eigenvalue weighted by atomic mass is 10.1. The Labute approximate surface area is 207 Å². The van der Waals surface area contributed by atoms with Crippen LogP contribution in [0.2, 0.25) is 0 Å². The fraction of sp³-hybridized carbons (Fsp3) is 0.920. The molecule has 0 radical (unpaired) electrons. The van der Waals surface area contributed by atoms with Gasteiger partial charge in [-0.2, -0.15) is 0 Å². The van der Waals surface area contributed by atoms with Crippen molar-refractivity contribution >= 4 is 11.8 Å². The van der Waals surface area contributed by atoms with Gasteiger partial charge in [-0.1, -0.05) is 52.4 Å². The second-order valence-electron chi connectivity index (χ2n) is 8.59. The van der Waals surface area contributed by atoms with Crippen LogP contribution in [0.1, 0.15) is 90.9 Å². The van der Waals surface area contributed by atoms with Gasteiger partial charge in [-0.25, -0.2) is 5.48 Å². The fourth-order valence-electron chi connectivity index (χ4n) is 3.43. The van der Waals surface area contributed by atoms with Gasteiger partial charge in [0, 0.05) is 32.8 Å². The summed E-state index contributed by atoms with van der Waals surface area (Å²) in [5, 5.41) is 5.75. The van der Waals surface area contributed by atoms with E-state index in [0.29, 0.717) is 32.8 Å². The van der Waals surface area contributed by atoms with Crippen molar-refractivity contribution in [3.05, 3.63) is 0 Å². The molecule has 0 saturated carbocycles. The van der Waals surface area contributed by atoms with Crippen LogP contribution in [-0.4, -0.2) is 70.5 Å². The van der Waals surface area contributed by atoms with Gasteiger partial charge in [0.05, 0.1) is 7.11 Å². The number of hydrogen-bond donors (Lipinski definition) is 4. The lowest BCUT2D eigenvalue weighted by molar-refractivity contribution is -0.157. The molecule has 0 heterocycles. The lowest BCUT2D eigenvalue weighted by Crippen LogP contribution is -2.52. The van der Waals surface area contributed by atoms with Crippen molar-refractivity contribution in [2.45, 2.75) is 103 Å². The fourth-order valence-corrected chi connectivity index (χ4v) is 3.43.